The number of piperidine rings is 1. The predicted molar refractivity (Wildman–Crippen MR) is 69.9 cm³/mol. The average molecular weight is 233 g/mol. The number of carbonyl (C=O) groups excluding carboxylic acids is 1. The van der Waals surface area contributed by atoms with Crippen LogP contribution in [-0.2, 0) is 4.79 Å². The maximum Gasteiger partial charge on any atom is 0.242 e. The fourth-order valence-corrected chi connectivity index (χ4v) is 2.35. The minimum absolute atomic E-state index is 0.0441. The van der Waals surface area contributed by atoms with Crippen molar-refractivity contribution in [3.8, 4) is 0 Å². The van der Waals surface area contributed by atoms with Crippen molar-refractivity contribution in [3.63, 3.8) is 0 Å². The molecule has 0 aliphatic carbocycles. The molecule has 0 aromatic heterocycles. The Morgan fingerprint density at radius 1 is 1.35 bits per heavy atom. The quantitative estimate of drug-likeness (QED) is 0.759. The van der Waals surface area contributed by atoms with Gasteiger partial charge in [0.15, 0.2) is 0 Å². The Morgan fingerprint density at radius 3 is 2.71 bits per heavy atom. The molecular formula is C13H19N3O. The number of hydrogen-bond donors (Lipinski definition) is 2. The zero-order valence-corrected chi connectivity index (χ0v) is 10.1. The van der Waals surface area contributed by atoms with Crippen molar-refractivity contribution in [1.82, 2.24) is 5.32 Å². The molecule has 1 aliphatic heterocycles. The van der Waals surface area contributed by atoms with Gasteiger partial charge in [0.25, 0.3) is 0 Å². The van der Waals surface area contributed by atoms with Crippen molar-refractivity contribution in [2.75, 3.05) is 24.2 Å². The van der Waals surface area contributed by atoms with Gasteiger partial charge in [0.05, 0.1) is 0 Å². The minimum Gasteiger partial charge on any atom is -0.399 e. The van der Waals surface area contributed by atoms with E-state index in [2.05, 4.69) is 10.2 Å². The van der Waals surface area contributed by atoms with Crippen LogP contribution < -0.4 is 16.0 Å². The van der Waals surface area contributed by atoms with Crippen LogP contribution in [-0.4, -0.2) is 25.5 Å². The lowest BCUT2D eigenvalue weighted by atomic mass is 10.0. The zero-order valence-electron chi connectivity index (χ0n) is 10.1. The summed E-state index contributed by atoms with van der Waals surface area (Å²) in [5.74, 6) is 0.0986. The molecule has 1 amide bonds. The zero-order chi connectivity index (χ0) is 12.3. The standard InChI is InChI=1S/C13H19N3O/c1-15-13(17)12-4-2-3-9-16(12)11-7-5-10(14)6-8-11/h5-8,12H,2-4,9,14H2,1H3,(H,15,17). The van der Waals surface area contributed by atoms with E-state index in [9.17, 15) is 4.79 Å². The molecule has 0 saturated carbocycles. The Kier molecular flexibility index (Phi) is 3.52. The van der Waals surface area contributed by atoms with Gasteiger partial charge in [-0.05, 0) is 43.5 Å². The highest BCUT2D eigenvalue weighted by Gasteiger charge is 2.27. The summed E-state index contributed by atoms with van der Waals surface area (Å²) in [6.45, 7) is 0.933. The van der Waals surface area contributed by atoms with Crippen LogP contribution in [0.1, 0.15) is 19.3 Å². The minimum atomic E-state index is -0.0441. The van der Waals surface area contributed by atoms with Gasteiger partial charge < -0.3 is 16.0 Å². The molecule has 92 valence electrons. The van der Waals surface area contributed by atoms with E-state index in [1.165, 1.54) is 0 Å². The second-order valence-electron chi connectivity index (χ2n) is 4.41. The van der Waals surface area contributed by atoms with Crippen molar-refractivity contribution in [1.29, 1.82) is 0 Å². The first-order valence-corrected chi connectivity index (χ1v) is 6.06. The molecule has 1 unspecified atom stereocenters. The van der Waals surface area contributed by atoms with E-state index in [1.54, 1.807) is 7.05 Å². The van der Waals surface area contributed by atoms with Crippen molar-refractivity contribution in [2.45, 2.75) is 25.3 Å². The highest BCUT2D eigenvalue weighted by Crippen LogP contribution is 2.25. The van der Waals surface area contributed by atoms with Crippen molar-refractivity contribution in [2.24, 2.45) is 0 Å². The topological polar surface area (TPSA) is 58.4 Å². The lowest BCUT2D eigenvalue weighted by molar-refractivity contribution is -0.122. The van der Waals surface area contributed by atoms with E-state index in [0.29, 0.717) is 0 Å². The fourth-order valence-electron chi connectivity index (χ4n) is 2.35. The van der Waals surface area contributed by atoms with Crippen LogP contribution in [0.2, 0.25) is 0 Å². The van der Waals surface area contributed by atoms with E-state index in [-0.39, 0.29) is 11.9 Å². The summed E-state index contributed by atoms with van der Waals surface area (Å²) >= 11 is 0. The first-order chi connectivity index (χ1) is 8.22. The number of hydrogen-bond acceptors (Lipinski definition) is 3. The normalized spacial score (nSPS) is 20.1. The molecule has 0 radical (unpaired) electrons. The Morgan fingerprint density at radius 2 is 2.06 bits per heavy atom. The van der Waals surface area contributed by atoms with E-state index in [1.807, 2.05) is 24.3 Å². The SMILES string of the molecule is CNC(=O)C1CCCCN1c1ccc(N)cc1. The molecule has 1 aromatic carbocycles. The van der Waals surface area contributed by atoms with Crippen LogP contribution in [0.4, 0.5) is 11.4 Å². The monoisotopic (exact) mass is 233 g/mol. The van der Waals surface area contributed by atoms with Gasteiger partial charge >= 0.3 is 0 Å². The summed E-state index contributed by atoms with van der Waals surface area (Å²) in [7, 11) is 1.69. The van der Waals surface area contributed by atoms with Crippen LogP contribution in [0.15, 0.2) is 24.3 Å². The highest BCUT2D eigenvalue weighted by atomic mass is 16.2. The molecule has 4 nitrogen and oxygen atoms in total. The average Bonchev–Trinajstić information content (AvgIpc) is 2.39. The number of nitrogens with two attached hydrogens (primary N) is 1. The molecule has 1 atom stereocenters. The first kappa shape index (κ1) is 11.8. The number of rotatable bonds is 2. The van der Waals surface area contributed by atoms with Crippen LogP contribution in [0.5, 0.6) is 0 Å². The number of amides is 1. The molecule has 17 heavy (non-hydrogen) atoms. The van der Waals surface area contributed by atoms with E-state index < -0.39 is 0 Å². The van der Waals surface area contributed by atoms with Gasteiger partial charge in [-0.15, -0.1) is 0 Å². The van der Waals surface area contributed by atoms with Crippen LogP contribution in [0.3, 0.4) is 0 Å². The second kappa shape index (κ2) is 5.08. The molecule has 1 saturated heterocycles. The second-order valence-corrected chi connectivity index (χ2v) is 4.41. The number of anilines is 2. The van der Waals surface area contributed by atoms with Gasteiger partial charge in [0, 0.05) is 25.0 Å². The molecule has 1 aliphatic rings. The van der Waals surface area contributed by atoms with E-state index in [0.717, 1.165) is 37.2 Å². The summed E-state index contributed by atoms with van der Waals surface area (Å²) in [4.78, 5) is 14.0. The number of carbonyl (C=O) groups is 1. The largest absolute Gasteiger partial charge is 0.399 e. The van der Waals surface area contributed by atoms with Gasteiger partial charge in [0.1, 0.15) is 6.04 Å². The number of nitrogens with one attached hydrogen (secondary N) is 1. The third-order valence-corrected chi connectivity index (χ3v) is 3.28. The fraction of sp³-hybridized carbons (Fsp3) is 0.462. The summed E-state index contributed by atoms with van der Waals surface area (Å²) < 4.78 is 0. The molecule has 0 bridgehead atoms. The van der Waals surface area contributed by atoms with Gasteiger partial charge in [0.2, 0.25) is 5.91 Å². The number of likely N-dealkylation sites (N-methyl/N-ethyl adjacent to an activating group) is 1. The Balaban J connectivity index is 2.21. The van der Waals surface area contributed by atoms with Crippen LogP contribution in [0.25, 0.3) is 0 Å². The van der Waals surface area contributed by atoms with Gasteiger partial charge in [-0.1, -0.05) is 0 Å². The van der Waals surface area contributed by atoms with Gasteiger partial charge in [-0.25, -0.2) is 0 Å². The maximum absolute atomic E-state index is 11.8. The van der Waals surface area contributed by atoms with Crippen molar-refractivity contribution >= 4 is 17.3 Å². The Hall–Kier alpha value is -1.71. The first-order valence-electron chi connectivity index (χ1n) is 6.06. The summed E-state index contributed by atoms with van der Waals surface area (Å²) in [5.41, 5.74) is 7.51. The van der Waals surface area contributed by atoms with Crippen LogP contribution >= 0.6 is 0 Å². The molecule has 0 spiro atoms. The molecule has 1 fully saturated rings. The smallest absolute Gasteiger partial charge is 0.242 e. The Bertz CT molecular complexity index is 388. The maximum atomic E-state index is 11.8. The molecule has 3 N–H and O–H groups in total. The molecule has 1 aromatic rings. The molecule has 1 heterocycles. The number of benzene rings is 1. The number of nitrogens with zero attached hydrogens (tertiary/aromatic N) is 1. The third kappa shape index (κ3) is 2.52. The predicted octanol–water partition coefficient (Wildman–Crippen LogP) is 1.37. The van der Waals surface area contributed by atoms with Crippen molar-refractivity contribution in [3.05, 3.63) is 24.3 Å². The summed E-state index contributed by atoms with van der Waals surface area (Å²) in [5, 5.41) is 2.74. The van der Waals surface area contributed by atoms with Gasteiger partial charge in [-0.2, -0.15) is 0 Å². The molecule has 2 rings (SSSR count). The summed E-state index contributed by atoms with van der Waals surface area (Å²) in [6, 6.07) is 7.68. The lowest BCUT2D eigenvalue weighted by Gasteiger charge is -2.36. The molecule has 4 heteroatoms. The van der Waals surface area contributed by atoms with Gasteiger partial charge in [-0.3, -0.25) is 4.79 Å². The summed E-state index contributed by atoms with van der Waals surface area (Å²) in [6.07, 6.45) is 3.17. The highest BCUT2D eigenvalue weighted by molar-refractivity contribution is 5.85. The molecular weight excluding hydrogens is 214 g/mol. The van der Waals surface area contributed by atoms with Crippen LogP contribution in [0, 0.1) is 0 Å². The van der Waals surface area contributed by atoms with E-state index in [4.69, 9.17) is 5.73 Å². The van der Waals surface area contributed by atoms with Crippen molar-refractivity contribution < 1.29 is 4.79 Å². The Labute approximate surface area is 102 Å². The third-order valence-electron chi connectivity index (χ3n) is 3.28. The van der Waals surface area contributed by atoms with E-state index >= 15 is 0 Å². The lowest BCUT2D eigenvalue weighted by Crippen LogP contribution is -2.48. The number of nitrogen functional groups attached to an aromatic ring is 1.